The van der Waals surface area contributed by atoms with Gasteiger partial charge in [-0.15, -0.1) is 11.8 Å². The van der Waals surface area contributed by atoms with E-state index in [1.165, 1.54) is 4.91 Å². The van der Waals surface area contributed by atoms with Crippen LogP contribution in [-0.4, -0.2) is 50.9 Å². The van der Waals surface area contributed by atoms with Gasteiger partial charge in [0, 0.05) is 25.2 Å². The molecule has 1 saturated heterocycles. The molecule has 1 spiro atoms. The number of ether oxygens (including phenoxy) is 2. The lowest BCUT2D eigenvalue weighted by atomic mass is 10.1. The molecular weight excluding hydrogens is 328 g/mol. The molecule has 0 amide bonds. The molecule has 4 nitrogen and oxygen atoms in total. The molecule has 134 valence electrons. The van der Waals surface area contributed by atoms with Crippen molar-refractivity contribution in [2.45, 2.75) is 70.1 Å². The maximum absolute atomic E-state index is 10.3. The summed E-state index contributed by atoms with van der Waals surface area (Å²) in [7, 11) is -1.72. The Morgan fingerprint density at radius 2 is 2.00 bits per heavy atom. The smallest absolute Gasteiger partial charge is 0.191 e. The van der Waals surface area contributed by atoms with Gasteiger partial charge in [0.15, 0.2) is 14.1 Å². The minimum atomic E-state index is -1.72. The van der Waals surface area contributed by atoms with Gasteiger partial charge in [-0.3, -0.25) is 0 Å². The first-order valence-electron chi connectivity index (χ1n) is 8.58. The molecule has 2 aliphatic rings. The Morgan fingerprint density at radius 1 is 1.35 bits per heavy atom. The minimum absolute atomic E-state index is 0.212. The molecule has 1 N–H and O–H groups in total. The molecule has 0 saturated carbocycles. The van der Waals surface area contributed by atoms with E-state index >= 15 is 0 Å². The quantitative estimate of drug-likeness (QED) is 0.728. The average molecular weight is 361 g/mol. The number of thioether (sulfide) groups is 1. The fraction of sp³-hybridized carbons (Fsp3) is 0.882. The molecule has 6 heteroatoms. The van der Waals surface area contributed by atoms with Gasteiger partial charge in [-0.2, -0.15) is 0 Å². The summed E-state index contributed by atoms with van der Waals surface area (Å²) in [6.45, 7) is 13.2. The zero-order valence-corrected chi connectivity index (χ0v) is 17.0. The van der Waals surface area contributed by atoms with E-state index in [9.17, 15) is 5.11 Å². The first-order valence-corrected chi connectivity index (χ1v) is 12.5. The molecule has 1 atom stereocenters. The van der Waals surface area contributed by atoms with Crippen molar-refractivity contribution < 1.29 is 19.0 Å². The molecule has 23 heavy (non-hydrogen) atoms. The normalized spacial score (nSPS) is 23.1. The highest BCUT2D eigenvalue weighted by molar-refractivity contribution is 8.03. The van der Waals surface area contributed by atoms with Crippen LogP contribution in [0.25, 0.3) is 0 Å². The van der Waals surface area contributed by atoms with E-state index in [1.807, 2.05) is 0 Å². The van der Waals surface area contributed by atoms with Crippen LogP contribution in [0.15, 0.2) is 11.0 Å². The third-order valence-electron chi connectivity index (χ3n) is 5.05. The number of rotatable bonds is 6. The van der Waals surface area contributed by atoms with Crippen LogP contribution in [0.2, 0.25) is 18.1 Å². The van der Waals surface area contributed by atoms with Crippen LogP contribution in [0.3, 0.4) is 0 Å². The number of aliphatic hydroxyl groups is 1. The maximum Gasteiger partial charge on any atom is 0.191 e. The zero-order chi connectivity index (χ0) is 17.1. The molecule has 2 rings (SSSR count). The summed E-state index contributed by atoms with van der Waals surface area (Å²) in [5.74, 6) is 0.469. The van der Waals surface area contributed by atoms with Crippen LogP contribution in [0, 0.1) is 0 Å². The van der Waals surface area contributed by atoms with E-state index in [4.69, 9.17) is 13.9 Å². The van der Waals surface area contributed by atoms with Gasteiger partial charge in [0.25, 0.3) is 0 Å². The molecule has 0 aromatic rings. The second-order valence-corrected chi connectivity index (χ2v) is 14.0. The Labute approximate surface area is 146 Å². The zero-order valence-electron chi connectivity index (χ0n) is 15.2. The van der Waals surface area contributed by atoms with Crippen molar-refractivity contribution in [1.29, 1.82) is 0 Å². The summed E-state index contributed by atoms with van der Waals surface area (Å²) < 4.78 is 17.6. The largest absolute Gasteiger partial charge is 0.417 e. The Morgan fingerprint density at radius 3 is 2.61 bits per heavy atom. The molecule has 0 bridgehead atoms. The van der Waals surface area contributed by atoms with Gasteiger partial charge in [0.1, 0.15) is 0 Å². The molecule has 0 aromatic carbocycles. The van der Waals surface area contributed by atoms with Gasteiger partial charge in [0.05, 0.1) is 19.3 Å². The Balaban J connectivity index is 1.79. The number of hydrogen-bond donors (Lipinski definition) is 1. The molecule has 1 fully saturated rings. The SMILES string of the molecule is CC(C)(C)[Si](C)(C)OCCC(O)CC1=CC2(CCS1)OCCO2. The van der Waals surface area contributed by atoms with Gasteiger partial charge in [-0.1, -0.05) is 20.8 Å². The first kappa shape index (κ1) is 19.5. The van der Waals surface area contributed by atoms with Gasteiger partial charge >= 0.3 is 0 Å². The third-order valence-corrected chi connectivity index (χ3v) is 10.7. The summed E-state index contributed by atoms with van der Waals surface area (Å²) in [6, 6.07) is 0. The summed E-state index contributed by atoms with van der Waals surface area (Å²) in [4.78, 5) is 1.18. The van der Waals surface area contributed by atoms with E-state index in [2.05, 4.69) is 39.9 Å². The highest BCUT2D eigenvalue weighted by Crippen LogP contribution is 2.39. The molecule has 0 aromatic heterocycles. The Hall–Kier alpha value is 0.147. The van der Waals surface area contributed by atoms with Crippen molar-refractivity contribution >= 4 is 20.1 Å². The fourth-order valence-corrected chi connectivity index (χ4v) is 4.78. The van der Waals surface area contributed by atoms with Gasteiger partial charge in [0.2, 0.25) is 0 Å². The summed E-state index contributed by atoms with van der Waals surface area (Å²) in [5.41, 5.74) is 0. The second kappa shape index (κ2) is 7.58. The number of hydrogen-bond acceptors (Lipinski definition) is 5. The first-order chi connectivity index (χ1) is 10.6. The van der Waals surface area contributed by atoms with E-state index in [1.54, 1.807) is 11.8 Å². The second-order valence-electron chi connectivity index (χ2n) is 7.97. The van der Waals surface area contributed by atoms with E-state index in [0.29, 0.717) is 32.7 Å². The number of aliphatic hydroxyl groups excluding tert-OH is 1. The van der Waals surface area contributed by atoms with Crippen molar-refractivity contribution in [1.82, 2.24) is 0 Å². The lowest BCUT2D eigenvalue weighted by molar-refractivity contribution is -0.118. The van der Waals surface area contributed by atoms with E-state index in [-0.39, 0.29) is 11.1 Å². The van der Waals surface area contributed by atoms with Crippen molar-refractivity contribution in [3.05, 3.63) is 11.0 Å². The van der Waals surface area contributed by atoms with E-state index < -0.39 is 14.1 Å². The average Bonchev–Trinajstić information content (AvgIpc) is 2.85. The summed E-state index contributed by atoms with van der Waals surface area (Å²) >= 11 is 1.80. The molecule has 2 aliphatic heterocycles. The van der Waals surface area contributed by atoms with Crippen LogP contribution in [-0.2, 0) is 13.9 Å². The Bertz CT molecular complexity index is 425. The predicted octanol–water partition coefficient (Wildman–Crippen LogP) is 3.91. The molecular formula is C17H32O4SSi. The van der Waals surface area contributed by atoms with Crippen LogP contribution in [0.4, 0.5) is 0 Å². The standard InChI is InChI=1S/C17H32O4SSi/c1-16(2,3)23(4,5)21-8-6-14(18)12-15-13-17(7-11-22-15)19-9-10-20-17/h13-14,18H,6-12H2,1-5H3. The summed E-state index contributed by atoms with van der Waals surface area (Å²) in [6.07, 6.45) is 3.95. The Kier molecular flexibility index (Phi) is 6.42. The van der Waals surface area contributed by atoms with Crippen LogP contribution >= 0.6 is 11.8 Å². The predicted molar refractivity (Wildman–Crippen MR) is 98.2 cm³/mol. The van der Waals surface area contributed by atoms with Crippen molar-refractivity contribution in [2.24, 2.45) is 0 Å². The molecule has 0 radical (unpaired) electrons. The topological polar surface area (TPSA) is 47.9 Å². The van der Waals surface area contributed by atoms with Crippen LogP contribution in [0.5, 0.6) is 0 Å². The molecule has 2 heterocycles. The monoisotopic (exact) mass is 360 g/mol. The summed E-state index contributed by atoms with van der Waals surface area (Å²) in [5, 5.41) is 10.5. The lowest BCUT2D eigenvalue weighted by Gasteiger charge is -2.36. The van der Waals surface area contributed by atoms with Crippen molar-refractivity contribution in [3.8, 4) is 0 Å². The lowest BCUT2D eigenvalue weighted by Crippen LogP contribution is -2.41. The van der Waals surface area contributed by atoms with Crippen LogP contribution < -0.4 is 0 Å². The molecule has 1 unspecified atom stereocenters. The van der Waals surface area contributed by atoms with E-state index in [0.717, 1.165) is 12.2 Å². The van der Waals surface area contributed by atoms with Gasteiger partial charge in [-0.25, -0.2) is 0 Å². The van der Waals surface area contributed by atoms with Crippen molar-refractivity contribution in [3.63, 3.8) is 0 Å². The fourth-order valence-electron chi connectivity index (χ4n) is 2.50. The van der Waals surface area contributed by atoms with Gasteiger partial charge < -0.3 is 19.0 Å². The van der Waals surface area contributed by atoms with Crippen LogP contribution in [0.1, 0.15) is 40.0 Å². The minimum Gasteiger partial charge on any atom is -0.417 e. The third kappa shape index (κ3) is 5.31. The highest BCUT2D eigenvalue weighted by atomic mass is 32.2. The highest BCUT2D eigenvalue weighted by Gasteiger charge is 2.38. The maximum atomic E-state index is 10.3. The molecule has 0 aliphatic carbocycles. The van der Waals surface area contributed by atoms with Crippen molar-refractivity contribution in [2.75, 3.05) is 25.6 Å². The van der Waals surface area contributed by atoms with Gasteiger partial charge in [-0.05, 0) is 35.5 Å².